The van der Waals surface area contributed by atoms with Gasteiger partial charge in [-0.3, -0.25) is 0 Å². The fourth-order valence-electron chi connectivity index (χ4n) is 2.33. The van der Waals surface area contributed by atoms with Crippen molar-refractivity contribution < 1.29 is 0 Å². The summed E-state index contributed by atoms with van der Waals surface area (Å²) in [6, 6.07) is 10.3. The normalized spacial score (nSPS) is 10.5. The van der Waals surface area contributed by atoms with Gasteiger partial charge >= 0.3 is 0 Å². The van der Waals surface area contributed by atoms with Gasteiger partial charge in [-0.05, 0) is 31.9 Å². The summed E-state index contributed by atoms with van der Waals surface area (Å²) in [5.74, 6) is 2.72. The maximum atomic E-state index is 4.70. The van der Waals surface area contributed by atoms with Crippen LogP contribution in [-0.2, 0) is 6.42 Å². The zero-order valence-corrected chi connectivity index (χ0v) is 13.3. The van der Waals surface area contributed by atoms with Gasteiger partial charge in [-0.1, -0.05) is 25.1 Å². The van der Waals surface area contributed by atoms with E-state index in [4.69, 9.17) is 4.98 Å². The quantitative estimate of drug-likeness (QED) is 0.872. The number of aromatic nitrogens is 2. The molecule has 1 aromatic carbocycles. The van der Waals surface area contributed by atoms with Crippen LogP contribution in [0.1, 0.15) is 31.7 Å². The van der Waals surface area contributed by atoms with Gasteiger partial charge in [0.2, 0.25) is 0 Å². The summed E-state index contributed by atoms with van der Waals surface area (Å²) in [6.07, 6.45) is 1.94. The van der Waals surface area contributed by atoms with Crippen molar-refractivity contribution in [2.75, 3.05) is 23.8 Å². The van der Waals surface area contributed by atoms with E-state index in [9.17, 15) is 0 Å². The summed E-state index contributed by atoms with van der Waals surface area (Å²) in [5.41, 5.74) is 2.40. The van der Waals surface area contributed by atoms with Crippen molar-refractivity contribution in [3.8, 4) is 0 Å². The van der Waals surface area contributed by atoms with E-state index >= 15 is 0 Å². The highest BCUT2D eigenvalue weighted by Gasteiger charge is 2.11. The summed E-state index contributed by atoms with van der Waals surface area (Å²) in [4.78, 5) is 11.4. The minimum Gasteiger partial charge on any atom is -0.370 e. The van der Waals surface area contributed by atoms with Gasteiger partial charge in [-0.15, -0.1) is 0 Å². The van der Waals surface area contributed by atoms with E-state index in [1.807, 2.05) is 6.07 Å². The topological polar surface area (TPSA) is 41.1 Å². The number of rotatable bonds is 6. The molecule has 0 atom stereocenters. The maximum Gasteiger partial charge on any atom is 0.138 e. The lowest BCUT2D eigenvalue weighted by molar-refractivity contribution is 0.831. The molecule has 0 aliphatic rings. The lowest BCUT2D eigenvalue weighted by Crippen LogP contribution is -2.15. The summed E-state index contributed by atoms with van der Waals surface area (Å²) in [6.45, 7) is 7.20. The first-order valence-corrected chi connectivity index (χ1v) is 7.56. The van der Waals surface area contributed by atoms with E-state index in [0.717, 1.165) is 36.8 Å². The molecule has 0 aliphatic carbocycles. The molecule has 2 rings (SSSR count). The van der Waals surface area contributed by atoms with Crippen LogP contribution in [0, 0.1) is 6.92 Å². The van der Waals surface area contributed by atoms with Crippen LogP contribution < -0.4 is 10.2 Å². The maximum absolute atomic E-state index is 4.70. The molecule has 0 aliphatic heterocycles. The van der Waals surface area contributed by atoms with E-state index in [1.165, 1.54) is 11.3 Å². The van der Waals surface area contributed by atoms with Gasteiger partial charge in [0.25, 0.3) is 0 Å². The average Bonchev–Trinajstić information content (AvgIpc) is 2.47. The highest BCUT2D eigenvalue weighted by molar-refractivity contribution is 5.64. The van der Waals surface area contributed by atoms with Crippen LogP contribution in [0.25, 0.3) is 0 Å². The number of nitrogens with one attached hydrogen (secondary N) is 1. The van der Waals surface area contributed by atoms with Crippen molar-refractivity contribution in [1.82, 2.24) is 9.97 Å². The summed E-state index contributed by atoms with van der Waals surface area (Å²) in [7, 11) is 2.05. The molecule has 2 aromatic rings. The second-order valence-electron chi connectivity index (χ2n) is 5.15. The SMILES string of the molecule is CCCc1nc(NCC)cc(N(C)c2ccccc2C)n1. The smallest absolute Gasteiger partial charge is 0.138 e. The van der Waals surface area contributed by atoms with E-state index < -0.39 is 0 Å². The zero-order valence-electron chi connectivity index (χ0n) is 13.3. The fourth-order valence-corrected chi connectivity index (χ4v) is 2.33. The summed E-state index contributed by atoms with van der Waals surface area (Å²) >= 11 is 0. The molecule has 4 nitrogen and oxygen atoms in total. The molecule has 0 fully saturated rings. The first-order chi connectivity index (χ1) is 10.2. The molecule has 0 bridgehead atoms. The Morgan fingerprint density at radius 3 is 2.57 bits per heavy atom. The number of para-hydroxylation sites is 1. The van der Waals surface area contributed by atoms with Crippen LogP contribution in [0.2, 0.25) is 0 Å². The number of hydrogen-bond donors (Lipinski definition) is 1. The standard InChI is InChI=1S/C17H24N4/c1-5-9-15-19-16(18-6-2)12-17(20-15)21(4)14-11-8-7-10-13(14)3/h7-8,10-12H,5-6,9H2,1-4H3,(H,18,19,20). The van der Waals surface area contributed by atoms with Crippen LogP contribution in [0.5, 0.6) is 0 Å². The van der Waals surface area contributed by atoms with Gasteiger partial charge in [0.15, 0.2) is 0 Å². The first-order valence-electron chi connectivity index (χ1n) is 7.56. The number of benzene rings is 1. The third-order valence-corrected chi connectivity index (χ3v) is 3.41. The average molecular weight is 284 g/mol. The monoisotopic (exact) mass is 284 g/mol. The molecule has 0 unspecified atom stereocenters. The molecular weight excluding hydrogens is 260 g/mol. The van der Waals surface area contributed by atoms with Crippen molar-refractivity contribution in [2.45, 2.75) is 33.6 Å². The second-order valence-corrected chi connectivity index (χ2v) is 5.15. The Morgan fingerprint density at radius 1 is 1.14 bits per heavy atom. The van der Waals surface area contributed by atoms with Crippen molar-refractivity contribution >= 4 is 17.3 Å². The Labute approximate surface area is 127 Å². The Bertz CT molecular complexity index is 571. The molecule has 0 radical (unpaired) electrons. The van der Waals surface area contributed by atoms with Crippen molar-refractivity contribution in [3.63, 3.8) is 0 Å². The first kappa shape index (κ1) is 15.3. The van der Waals surface area contributed by atoms with Gasteiger partial charge in [0.05, 0.1) is 0 Å². The summed E-state index contributed by atoms with van der Waals surface area (Å²) < 4.78 is 0. The third-order valence-electron chi connectivity index (χ3n) is 3.41. The minimum absolute atomic E-state index is 0.857. The van der Waals surface area contributed by atoms with Gasteiger partial charge in [0, 0.05) is 31.8 Å². The van der Waals surface area contributed by atoms with E-state index in [0.29, 0.717) is 0 Å². The van der Waals surface area contributed by atoms with Crippen molar-refractivity contribution in [1.29, 1.82) is 0 Å². The van der Waals surface area contributed by atoms with E-state index in [2.05, 4.69) is 67.3 Å². The fraction of sp³-hybridized carbons (Fsp3) is 0.412. The molecule has 21 heavy (non-hydrogen) atoms. The molecule has 4 heteroatoms. The van der Waals surface area contributed by atoms with E-state index in [1.54, 1.807) is 0 Å². The lowest BCUT2D eigenvalue weighted by atomic mass is 10.2. The number of hydrogen-bond acceptors (Lipinski definition) is 4. The van der Waals surface area contributed by atoms with Crippen LogP contribution in [0.15, 0.2) is 30.3 Å². The van der Waals surface area contributed by atoms with Crippen molar-refractivity contribution in [3.05, 3.63) is 41.7 Å². The lowest BCUT2D eigenvalue weighted by Gasteiger charge is -2.21. The van der Waals surface area contributed by atoms with Crippen LogP contribution in [0.3, 0.4) is 0 Å². The van der Waals surface area contributed by atoms with E-state index in [-0.39, 0.29) is 0 Å². The number of nitrogens with zero attached hydrogens (tertiary/aromatic N) is 3. The Hall–Kier alpha value is -2.10. The predicted octanol–water partition coefficient (Wildman–Crippen LogP) is 3.94. The van der Waals surface area contributed by atoms with Crippen LogP contribution in [0.4, 0.5) is 17.3 Å². The van der Waals surface area contributed by atoms with Crippen LogP contribution >= 0.6 is 0 Å². The molecule has 0 amide bonds. The van der Waals surface area contributed by atoms with Gasteiger partial charge in [-0.25, -0.2) is 9.97 Å². The predicted molar refractivity (Wildman–Crippen MR) is 89.4 cm³/mol. The molecule has 1 heterocycles. The van der Waals surface area contributed by atoms with Crippen LogP contribution in [-0.4, -0.2) is 23.6 Å². The third kappa shape index (κ3) is 3.72. The molecule has 0 saturated carbocycles. The van der Waals surface area contributed by atoms with Crippen molar-refractivity contribution in [2.24, 2.45) is 0 Å². The van der Waals surface area contributed by atoms with Gasteiger partial charge < -0.3 is 10.2 Å². The molecular formula is C17H24N4. The molecule has 1 aromatic heterocycles. The molecule has 1 N–H and O–H groups in total. The highest BCUT2D eigenvalue weighted by Crippen LogP contribution is 2.26. The van der Waals surface area contributed by atoms with Gasteiger partial charge in [-0.2, -0.15) is 0 Å². The summed E-state index contributed by atoms with van der Waals surface area (Å²) in [5, 5.41) is 3.29. The number of aryl methyl sites for hydroxylation is 2. The minimum atomic E-state index is 0.857. The Balaban J connectivity index is 2.39. The number of anilines is 3. The molecule has 112 valence electrons. The molecule has 0 spiro atoms. The van der Waals surface area contributed by atoms with Gasteiger partial charge in [0.1, 0.15) is 17.5 Å². The largest absolute Gasteiger partial charge is 0.370 e. The molecule has 0 saturated heterocycles. The zero-order chi connectivity index (χ0) is 15.2. The highest BCUT2D eigenvalue weighted by atomic mass is 15.2. The Morgan fingerprint density at radius 2 is 1.90 bits per heavy atom. The second kappa shape index (κ2) is 7.07. The Kier molecular flexibility index (Phi) is 5.14.